The van der Waals surface area contributed by atoms with Crippen molar-refractivity contribution in [1.29, 1.82) is 0 Å². The number of benzene rings is 1. The first kappa shape index (κ1) is 14.7. The van der Waals surface area contributed by atoms with Crippen LogP contribution in [0, 0.1) is 5.92 Å². The molecule has 1 aromatic carbocycles. The molecule has 4 heteroatoms. The molecule has 2 N–H and O–H groups in total. The highest BCUT2D eigenvalue weighted by Gasteiger charge is 2.16. The topological polar surface area (TPSA) is 58.6 Å². The van der Waals surface area contributed by atoms with Crippen LogP contribution in [0.3, 0.4) is 0 Å². The Morgan fingerprint density at radius 1 is 1.39 bits per heavy atom. The lowest BCUT2D eigenvalue weighted by atomic mass is 10.0. The van der Waals surface area contributed by atoms with Gasteiger partial charge in [-0.1, -0.05) is 50.1 Å². The summed E-state index contributed by atoms with van der Waals surface area (Å²) < 4.78 is 0. The number of unbranched alkanes of at least 4 members (excludes halogenated alkanes) is 1. The number of carbonyl (C=O) groups is 1. The van der Waals surface area contributed by atoms with Gasteiger partial charge >= 0.3 is 0 Å². The Bertz CT molecular complexity index is 340. The number of aliphatic hydroxyl groups excluding tert-OH is 1. The Balaban J connectivity index is 2.27. The predicted octanol–water partition coefficient (Wildman–Crippen LogP) is 2.03. The first-order valence-electron chi connectivity index (χ1n) is 6.34. The molecule has 1 rings (SSSR count). The third kappa shape index (κ3) is 5.29. The van der Waals surface area contributed by atoms with Crippen molar-refractivity contribution in [2.24, 2.45) is 5.92 Å². The second kappa shape index (κ2) is 8.66. The number of hydrogen-bond donors (Lipinski definition) is 2. The number of rotatable bonds is 8. The molecule has 4 nitrogen and oxygen atoms in total. The molecule has 0 aliphatic carbocycles. The summed E-state index contributed by atoms with van der Waals surface area (Å²) in [6, 6.07) is 9.60. The molecule has 0 spiro atoms. The van der Waals surface area contributed by atoms with Crippen molar-refractivity contribution in [3.05, 3.63) is 35.9 Å². The van der Waals surface area contributed by atoms with Gasteiger partial charge in [-0.25, -0.2) is 5.48 Å². The van der Waals surface area contributed by atoms with Gasteiger partial charge in [0.2, 0.25) is 5.91 Å². The number of amides is 1. The van der Waals surface area contributed by atoms with E-state index in [0.717, 1.165) is 18.4 Å². The smallest absolute Gasteiger partial charge is 0.248 e. The number of hydrogen-bond acceptors (Lipinski definition) is 3. The zero-order chi connectivity index (χ0) is 13.2. The summed E-state index contributed by atoms with van der Waals surface area (Å²) in [4.78, 5) is 16.8. The minimum Gasteiger partial charge on any atom is -0.396 e. The van der Waals surface area contributed by atoms with Crippen LogP contribution in [0.25, 0.3) is 0 Å². The quantitative estimate of drug-likeness (QED) is 0.695. The molecule has 1 amide bonds. The first-order chi connectivity index (χ1) is 8.77. The molecular weight excluding hydrogens is 230 g/mol. The molecule has 0 radical (unpaired) electrons. The van der Waals surface area contributed by atoms with Crippen LogP contribution >= 0.6 is 0 Å². The first-order valence-corrected chi connectivity index (χ1v) is 6.34. The van der Waals surface area contributed by atoms with Gasteiger partial charge in [0.25, 0.3) is 0 Å². The third-order valence-corrected chi connectivity index (χ3v) is 2.75. The SMILES string of the molecule is CCCCC(CO)C(=O)NOCc1ccccc1. The predicted molar refractivity (Wildman–Crippen MR) is 69.5 cm³/mol. The average molecular weight is 251 g/mol. The van der Waals surface area contributed by atoms with E-state index in [4.69, 9.17) is 9.94 Å². The number of nitrogens with one attached hydrogen (secondary N) is 1. The van der Waals surface area contributed by atoms with Crippen molar-refractivity contribution in [3.63, 3.8) is 0 Å². The van der Waals surface area contributed by atoms with Crippen molar-refractivity contribution in [2.45, 2.75) is 32.8 Å². The lowest BCUT2D eigenvalue weighted by Gasteiger charge is -2.13. The molecule has 1 atom stereocenters. The minimum atomic E-state index is -0.374. The molecular formula is C14H21NO3. The van der Waals surface area contributed by atoms with E-state index in [-0.39, 0.29) is 18.4 Å². The largest absolute Gasteiger partial charge is 0.396 e. The standard InChI is InChI=1S/C14H21NO3/c1-2-3-9-13(10-16)14(17)15-18-11-12-7-5-4-6-8-12/h4-8,13,16H,2-3,9-11H2,1H3,(H,15,17). The lowest BCUT2D eigenvalue weighted by Crippen LogP contribution is -2.32. The molecule has 0 saturated carbocycles. The molecule has 100 valence electrons. The Kier molecular flexibility index (Phi) is 7.06. The lowest BCUT2D eigenvalue weighted by molar-refractivity contribution is -0.140. The molecule has 0 bridgehead atoms. The van der Waals surface area contributed by atoms with E-state index in [2.05, 4.69) is 12.4 Å². The summed E-state index contributed by atoms with van der Waals surface area (Å²) in [7, 11) is 0. The molecule has 1 unspecified atom stereocenters. The number of hydroxylamine groups is 1. The van der Waals surface area contributed by atoms with E-state index >= 15 is 0 Å². The normalized spacial score (nSPS) is 12.1. The molecule has 0 fully saturated rings. The summed E-state index contributed by atoms with van der Waals surface area (Å²) in [5.41, 5.74) is 3.38. The molecule has 0 aliphatic rings. The fourth-order valence-electron chi connectivity index (χ4n) is 1.60. The van der Waals surface area contributed by atoms with Crippen LogP contribution in [0.5, 0.6) is 0 Å². The molecule has 1 aromatic rings. The van der Waals surface area contributed by atoms with Gasteiger partial charge in [-0.15, -0.1) is 0 Å². The highest BCUT2D eigenvalue weighted by molar-refractivity contribution is 5.77. The van der Waals surface area contributed by atoms with Crippen LogP contribution in [-0.2, 0) is 16.2 Å². The van der Waals surface area contributed by atoms with E-state index in [1.165, 1.54) is 0 Å². The Morgan fingerprint density at radius 3 is 2.72 bits per heavy atom. The zero-order valence-corrected chi connectivity index (χ0v) is 10.8. The molecule has 0 saturated heterocycles. The van der Waals surface area contributed by atoms with Gasteiger partial charge in [0.1, 0.15) is 0 Å². The van der Waals surface area contributed by atoms with E-state index in [0.29, 0.717) is 13.0 Å². The van der Waals surface area contributed by atoms with Gasteiger partial charge < -0.3 is 5.11 Å². The van der Waals surface area contributed by atoms with Crippen LogP contribution < -0.4 is 5.48 Å². The highest BCUT2D eigenvalue weighted by atomic mass is 16.6. The van der Waals surface area contributed by atoms with Crippen LogP contribution in [0.2, 0.25) is 0 Å². The highest BCUT2D eigenvalue weighted by Crippen LogP contribution is 2.08. The van der Waals surface area contributed by atoms with Gasteiger partial charge in [-0.2, -0.15) is 0 Å². The van der Waals surface area contributed by atoms with Crippen LogP contribution in [0.15, 0.2) is 30.3 Å². The van der Waals surface area contributed by atoms with E-state index in [1.54, 1.807) is 0 Å². The monoisotopic (exact) mass is 251 g/mol. The van der Waals surface area contributed by atoms with Crippen molar-refractivity contribution in [1.82, 2.24) is 5.48 Å². The van der Waals surface area contributed by atoms with E-state index < -0.39 is 0 Å². The van der Waals surface area contributed by atoms with Crippen LogP contribution in [-0.4, -0.2) is 17.6 Å². The minimum absolute atomic E-state index is 0.138. The summed E-state index contributed by atoms with van der Waals surface area (Å²) in [5, 5.41) is 9.12. The van der Waals surface area contributed by atoms with Gasteiger partial charge in [0.05, 0.1) is 19.1 Å². The van der Waals surface area contributed by atoms with Crippen molar-refractivity contribution < 1.29 is 14.7 Å². The van der Waals surface area contributed by atoms with Gasteiger partial charge in [-0.05, 0) is 12.0 Å². The van der Waals surface area contributed by atoms with Gasteiger partial charge in [0, 0.05) is 0 Å². The molecule has 0 heterocycles. The van der Waals surface area contributed by atoms with Gasteiger partial charge in [0.15, 0.2) is 0 Å². The van der Waals surface area contributed by atoms with Crippen molar-refractivity contribution >= 4 is 5.91 Å². The summed E-state index contributed by atoms with van der Waals surface area (Å²) in [6.07, 6.45) is 2.62. The molecule has 0 aromatic heterocycles. The van der Waals surface area contributed by atoms with Crippen LogP contribution in [0.4, 0.5) is 0 Å². The molecule has 18 heavy (non-hydrogen) atoms. The maximum absolute atomic E-state index is 11.7. The maximum atomic E-state index is 11.7. The Hall–Kier alpha value is -1.39. The van der Waals surface area contributed by atoms with Gasteiger partial charge in [-0.3, -0.25) is 9.63 Å². The number of aliphatic hydroxyl groups is 1. The number of carbonyl (C=O) groups excluding carboxylic acids is 1. The summed E-state index contributed by atoms with van der Waals surface area (Å²) >= 11 is 0. The van der Waals surface area contributed by atoms with Crippen molar-refractivity contribution in [2.75, 3.05) is 6.61 Å². The molecule has 0 aliphatic heterocycles. The van der Waals surface area contributed by atoms with E-state index in [1.807, 2.05) is 30.3 Å². The summed E-state index contributed by atoms with van der Waals surface area (Å²) in [6.45, 7) is 2.25. The maximum Gasteiger partial charge on any atom is 0.248 e. The van der Waals surface area contributed by atoms with E-state index in [9.17, 15) is 4.79 Å². The average Bonchev–Trinajstić information content (AvgIpc) is 2.41. The third-order valence-electron chi connectivity index (χ3n) is 2.75. The van der Waals surface area contributed by atoms with Crippen LogP contribution in [0.1, 0.15) is 31.7 Å². The Labute approximate surface area is 108 Å². The second-order valence-electron chi connectivity index (χ2n) is 4.26. The summed E-state index contributed by atoms with van der Waals surface area (Å²) in [5.74, 6) is -0.623. The van der Waals surface area contributed by atoms with Crippen molar-refractivity contribution in [3.8, 4) is 0 Å². The fourth-order valence-corrected chi connectivity index (χ4v) is 1.60. The Morgan fingerprint density at radius 2 is 2.11 bits per heavy atom. The second-order valence-corrected chi connectivity index (χ2v) is 4.26. The zero-order valence-electron chi connectivity index (χ0n) is 10.8. The fraction of sp³-hybridized carbons (Fsp3) is 0.500.